The summed E-state index contributed by atoms with van der Waals surface area (Å²) in [6, 6.07) is 47.3. The van der Waals surface area contributed by atoms with Crippen molar-refractivity contribution in [3.8, 4) is 39.5 Å². The monoisotopic (exact) mass is 565 g/mol. The molecule has 2 aromatic heterocycles. The highest BCUT2D eigenvalue weighted by Crippen LogP contribution is 2.35. The topological polar surface area (TPSA) is 30.7 Å². The lowest BCUT2D eigenvalue weighted by Gasteiger charge is -2.18. The van der Waals surface area contributed by atoms with Crippen LogP contribution in [0.3, 0.4) is 0 Å². The van der Waals surface area contributed by atoms with E-state index in [4.69, 9.17) is 9.97 Å². The van der Waals surface area contributed by atoms with E-state index in [-0.39, 0.29) is 0 Å². The molecule has 0 amide bonds. The van der Waals surface area contributed by atoms with Gasteiger partial charge in [-0.25, -0.2) is 9.97 Å². The molecule has 0 radical (unpaired) electrons. The van der Waals surface area contributed by atoms with Crippen molar-refractivity contribution in [2.75, 3.05) is 0 Å². The van der Waals surface area contributed by atoms with Crippen LogP contribution in [-0.2, 0) is 0 Å². The number of aromatic nitrogens is 3. The van der Waals surface area contributed by atoms with E-state index in [1.54, 1.807) is 0 Å². The maximum atomic E-state index is 5.09. The largest absolute Gasteiger partial charge is 0.309 e. The highest BCUT2D eigenvalue weighted by Gasteiger charge is 2.18. The van der Waals surface area contributed by atoms with Gasteiger partial charge in [0.05, 0.1) is 22.4 Å². The van der Waals surface area contributed by atoms with Crippen molar-refractivity contribution in [3.05, 3.63) is 157 Å². The maximum Gasteiger partial charge on any atom is 0.160 e. The number of para-hydroxylation sites is 2. The lowest BCUT2D eigenvalue weighted by molar-refractivity contribution is 0.754. The van der Waals surface area contributed by atoms with Crippen LogP contribution in [0.2, 0.25) is 0 Å². The first-order valence-electron chi connectivity index (χ1n) is 15.2. The molecule has 1 aliphatic carbocycles. The van der Waals surface area contributed by atoms with E-state index in [1.807, 2.05) is 18.2 Å². The minimum atomic E-state index is 0.404. The Hall–Kier alpha value is -5.54. The molecular formula is C41H31N3. The van der Waals surface area contributed by atoms with Gasteiger partial charge in [0.15, 0.2) is 5.82 Å². The number of nitrogens with zero attached hydrogens (tertiary/aromatic N) is 3. The summed E-state index contributed by atoms with van der Waals surface area (Å²) in [5.41, 5.74) is 11.1. The summed E-state index contributed by atoms with van der Waals surface area (Å²) < 4.78 is 2.37. The molecule has 1 unspecified atom stereocenters. The fourth-order valence-corrected chi connectivity index (χ4v) is 6.43. The first-order valence-corrected chi connectivity index (χ1v) is 15.2. The Bertz CT molecular complexity index is 2170. The fourth-order valence-electron chi connectivity index (χ4n) is 6.43. The summed E-state index contributed by atoms with van der Waals surface area (Å²) in [6.07, 6.45) is 7.59. The second-order valence-electron chi connectivity index (χ2n) is 11.5. The summed E-state index contributed by atoms with van der Waals surface area (Å²) in [7, 11) is 0. The van der Waals surface area contributed by atoms with Crippen LogP contribution in [0, 0.1) is 5.92 Å². The molecule has 7 aromatic rings. The van der Waals surface area contributed by atoms with Gasteiger partial charge in [-0.2, -0.15) is 0 Å². The SMILES string of the molecule is CC1CC=CC=C1c1cc(-c2cccc(-c3cccc(-n4c5ccccc5c5ccccc54)c3)c2)nc(-c2ccccc2)n1. The fraction of sp³-hybridized carbons (Fsp3) is 0.0732. The number of fused-ring (bicyclic) bond motifs is 3. The smallest absolute Gasteiger partial charge is 0.160 e. The Morgan fingerprint density at radius 2 is 1.18 bits per heavy atom. The standard InChI is InChI=1S/C41H31N3/c1-28-13-5-6-20-34(28)38-27-37(42-41(43-38)29-14-3-2-4-15-29)32-18-11-16-30(25-32)31-17-12-19-33(26-31)44-39-23-9-7-21-35(39)36-22-8-10-24-40(36)44/h2-12,14-28H,13H2,1H3. The zero-order valence-electron chi connectivity index (χ0n) is 24.6. The molecule has 8 rings (SSSR count). The van der Waals surface area contributed by atoms with Crippen molar-refractivity contribution in [1.82, 2.24) is 14.5 Å². The molecule has 0 spiro atoms. The minimum absolute atomic E-state index is 0.404. The average molecular weight is 566 g/mol. The lowest BCUT2D eigenvalue weighted by atomic mass is 9.90. The molecule has 0 N–H and O–H groups in total. The molecule has 3 heteroatoms. The molecule has 0 aliphatic heterocycles. The zero-order valence-corrected chi connectivity index (χ0v) is 24.6. The van der Waals surface area contributed by atoms with Crippen LogP contribution >= 0.6 is 0 Å². The van der Waals surface area contributed by atoms with Crippen LogP contribution in [0.4, 0.5) is 0 Å². The van der Waals surface area contributed by atoms with Crippen LogP contribution in [0.15, 0.2) is 152 Å². The molecule has 210 valence electrons. The van der Waals surface area contributed by atoms with Crippen molar-refractivity contribution in [2.45, 2.75) is 13.3 Å². The zero-order chi connectivity index (χ0) is 29.5. The Morgan fingerprint density at radius 1 is 0.568 bits per heavy atom. The van der Waals surface area contributed by atoms with Crippen LogP contribution in [0.5, 0.6) is 0 Å². The van der Waals surface area contributed by atoms with Crippen molar-refractivity contribution in [2.24, 2.45) is 5.92 Å². The van der Waals surface area contributed by atoms with Gasteiger partial charge in [-0.1, -0.05) is 122 Å². The highest BCUT2D eigenvalue weighted by atomic mass is 15.0. The molecule has 44 heavy (non-hydrogen) atoms. The Labute approximate surface area is 257 Å². The first-order chi connectivity index (χ1) is 21.7. The summed E-state index contributed by atoms with van der Waals surface area (Å²) in [5, 5.41) is 2.53. The van der Waals surface area contributed by atoms with E-state index in [0.717, 1.165) is 51.6 Å². The third-order valence-electron chi connectivity index (χ3n) is 8.66. The third-order valence-corrected chi connectivity index (χ3v) is 8.66. The van der Waals surface area contributed by atoms with E-state index in [9.17, 15) is 0 Å². The predicted molar refractivity (Wildman–Crippen MR) is 184 cm³/mol. The summed E-state index contributed by atoms with van der Waals surface area (Å²) in [5.74, 6) is 1.15. The van der Waals surface area contributed by atoms with E-state index < -0.39 is 0 Å². The molecular weight excluding hydrogens is 534 g/mol. The van der Waals surface area contributed by atoms with Crippen LogP contribution in [0.1, 0.15) is 19.0 Å². The van der Waals surface area contributed by atoms with Gasteiger partial charge in [-0.15, -0.1) is 0 Å². The van der Waals surface area contributed by atoms with Crippen LogP contribution < -0.4 is 0 Å². The van der Waals surface area contributed by atoms with Crippen LogP contribution in [0.25, 0.3) is 66.8 Å². The van der Waals surface area contributed by atoms with Crippen molar-refractivity contribution >= 4 is 27.4 Å². The number of rotatable bonds is 5. The molecule has 2 heterocycles. The predicted octanol–water partition coefficient (Wildman–Crippen LogP) is 10.6. The highest BCUT2D eigenvalue weighted by molar-refractivity contribution is 6.09. The second-order valence-corrected chi connectivity index (χ2v) is 11.5. The van der Waals surface area contributed by atoms with Gasteiger partial charge in [0.2, 0.25) is 0 Å². The number of benzene rings is 5. The Balaban J connectivity index is 1.24. The Morgan fingerprint density at radius 3 is 1.93 bits per heavy atom. The van der Waals surface area contributed by atoms with E-state index in [1.165, 1.54) is 27.4 Å². The van der Waals surface area contributed by atoms with E-state index >= 15 is 0 Å². The lowest BCUT2D eigenvalue weighted by Crippen LogP contribution is -2.05. The quantitative estimate of drug-likeness (QED) is 0.208. The van der Waals surface area contributed by atoms with Crippen molar-refractivity contribution < 1.29 is 0 Å². The number of hydrogen-bond donors (Lipinski definition) is 0. The van der Waals surface area contributed by atoms with Gasteiger partial charge < -0.3 is 4.57 Å². The summed E-state index contributed by atoms with van der Waals surface area (Å²) in [6.45, 7) is 2.27. The molecule has 0 bridgehead atoms. The van der Waals surface area contributed by atoms with Gasteiger partial charge in [0.25, 0.3) is 0 Å². The molecule has 0 fully saturated rings. The van der Waals surface area contributed by atoms with Crippen molar-refractivity contribution in [1.29, 1.82) is 0 Å². The normalized spacial score (nSPS) is 14.7. The average Bonchev–Trinajstić information content (AvgIpc) is 3.43. The number of hydrogen-bond acceptors (Lipinski definition) is 2. The number of allylic oxidation sites excluding steroid dienone is 4. The molecule has 5 aromatic carbocycles. The summed E-state index contributed by atoms with van der Waals surface area (Å²) >= 11 is 0. The van der Waals surface area contributed by atoms with E-state index in [2.05, 4.69) is 145 Å². The van der Waals surface area contributed by atoms with Crippen LogP contribution in [-0.4, -0.2) is 14.5 Å². The van der Waals surface area contributed by atoms with E-state index in [0.29, 0.717) is 5.92 Å². The molecule has 0 saturated heterocycles. The molecule has 0 saturated carbocycles. The molecule has 1 aliphatic rings. The van der Waals surface area contributed by atoms with Gasteiger partial charge in [-0.05, 0) is 65.4 Å². The van der Waals surface area contributed by atoms with Gasteiger partial charge in [-0.3, -0.25) is 0 Å². The van der Waals surface area contributed by atoms with Gasteiger partial charge in [0.1, 0.15) is 0 Å². The van der Waals surface area contributed by atoms with Crippen molar-refractivity contribution in [3.63, 3.8) is 0 Å². The summed E-state index contributed by atoms with van der Waals surface area (Å²) in [4.78, 5) is 10.2. The first kappa shape index (κ1) is 26.1. The van der Waals surface area contributed by atoms with Gasteiger partial charge in [0, 0.05) is 27.6 Å². The minimum Gasteiger partial charge on any atom is -0.309 e. The Kier molecular flexibility index (Phi) is 6.49. The second kappa shape index (κ2) is 10.9. The van der Waals surface area contributed by atoms with Gasteiger partial charge >= 0.3 is 0 Å². The third kappa shape index (κ3) is 4.63. The molecule has 1 atom stereocenters. The maximum absolute atomic E-state index is 5.09. The molecule has 3 nitrogen and oxygen atoms in total.